The summed E-state index contributed by atoms with van der Waals surface area (Å²) in [5.41, 5.74) is 4.20. The summed E-state index contributed by atoms with van der Waals surface area (Å²) in [4.78, 5) is 18.5. The molecule has 148 valence electrons. The molecule has 28 heavy (non-hydrogen) atoms. The van der Waals surface area contributed by atoms with Crippen LogP contribution in [-0.4, -0.2) is 35.6 Å². The number of pyridine rings is 1. The Bertz CT molecular complexity index is 805. The second-order valence-electron chi connectivity index (χ2n) is 7.18. The predicted octanol–water partition coefficient (Wildman–Crippen LogP) is 5.28. The number of hydrogen-bond donors (Lipinski definition) is 1. The molecule has 5 heteroatoms. The Morgan fingerprint density at radius 1 is 1.25 bits per heavy atom. The molecule has 2 heterocycles. The van der Waals surface area contributed by atoms with Crippen LogP contribution in [0.5, 0.6) is 5.75 Å². The fraction of sp³-hybridized carbons (Fsp3) is 0.391. The number of anilines is 1. The molecule has 3 rings (SSSR count). The van der Waals surface area contributed by atoms with E-state index >= 15 is 0 Å². The SMILES string of the molecule is CCCCOc1cccc(C=C2CCN(C(=O)Nc3ccc(C)nc3)CC2)c1. The first-order chi connectivity index (χ1) is 13.6. The Hall–Kier alpha value is -2.82. The molecule has 5 nitrogen and oxygen atoms in total. The van der Waals surface area contributed by atoms with Crippen molar-refractivity contribution >= 4 is 17.8 Å². The van der Waals surface area contributed by atoms with E-state index in [1.807, 2.05) is 36.1 Å². The molecule has 1 fully saturated rings. The van der Waals surface area contributed by atoms with Gasteiger partial charge in [-0.2, -0.15) is 0 Å². The Morgan fingerprint density at radius 2 is 2.07 bits per heavy atom. The first-order valence-electron chi connectivity index (χ1n) is 10.0. The van der Waals surface area contributed by atoms with Crippen molar-refractivity contribution in [3.8, 4) is 5.75 Å². The number of carbonyl (C=O) groups is 1. The van der Waals surface area contributed by atoms with Crippen LogP contribution in [-0.2, 0) is 0 Å². The molecule has 0 unspecified atom stereocenters. The summed E-state index contributed by atoms with van der Waals surface area (Å²) < 4.78 is 5.79. The first-order valence-corrected chi connectivity index (χ1v) is 10.0. The van der Waals surface area contributed by atoms with E-state index in [0.29, 0.717) is 0 Å². The van der Waals surface area contributed by atoms with Crippen molar-refractivity contribution in [1.29, 1.82) is 0 Å². The monoisotopic (exact) mass is 379 g/mol. The maximum Gasteiger partial charge on any atom is 0.321 e. The fourth-order valence-corrected chi connectivity index (χ4v) is 3.15. The Kier molecular flexibility index (Phi) is 7.06. The second kappa shape index (κ2) is 9.93. The van der Waals surface area contributed by atoms with Gasteiger partial charge in [0.25, 0.3) is 0 Å². The molecule has 2 amide bonds. The first kappa shape index (κ1) is 19.9. The number of aryl methyl sites for hydroxylation is 1. The zero-order valence-corrected chi connectivity index (χ0v) is 16.8. The topological polar surface area (TPSA) is 54.5 Å². The molecule has 0 radical (unpaired) electrons. The highest BCUT2D eigenvalue weighted by atomic mass is 16.5. The molecule has 1 aliphatic rings. The Balaban J connectivity index is 1.52. The smallest absolute Gasteiger partial charge is 0.321 e. The summed E-state index contributed by atoms with van der Waals surface area (Å²) in [7, 11) is 0. The molecule has 0 spiro atoms. The van der Waals surface area contributed by atoms with Gasteiger partial charge >= 0.3 is 6.03 Å². The largest absolute Gasteiger partial charge is 0.494 e. The molecule has 1 aromatic carbocycles. The van der Waals surface area contributed by atoms with E-state index in [1.165, 1.54) is 5.57 Å². The van der Waals surface area contributed by atoms with Gasteiger partial charge < -0.3 is 15.0 Å². The summed E-state index contributed by atoms with van der Waals surface area (Å²) in [6.45, 7) is 6.30. The van der Waals surface area contributed by atoms with E-state index in [0.717, 1.165) is 68.1 Å². The van der Waals surface area contributed by atoms with Crippen molar-refractivity contribution in [1.82, 2.24) is 9.88 Å². The number of carbonyl (C=O) groups excluding carboxylic acids is 1. The van der Waals surface area contributed by atoms with Gasteiger partial charge in [0, 0.05) is 18.8 Å². The van der Waals surface area contributed by atoms with Crippen LogP contribution in [0.4, 0.5) is 10.5 Å². The van der Waals surface area contributed by atoms with Crippen molar-refractivity contribution in [2.45, 2.75) is 39.5 Å². The van der Waals surface area contributed by atoms with Gasteiger partial charge in [-0.15, -0.1) is 0 Å². The lowest BCUT2D eigenvalue weighted by atomic mass is 10.0. The van der Waals surface area contributed by atoms with Crippen LogP contribution in [0.3, 0.4) is 0 Å². The number of benzene rings is 1. The van der Waals surface area contributed by atoms with Gasteiger partial charge in [-0.1, -0.05) is 37.1 Å². The molecule has 0 bridgehead atoms. The van der Waals surface area contributed by atoms with Gasteiger partial charge in [-0.05, 0) is 56.0 Å². The highest BCUT2D eigenvalue weighted by Gasteiger charge is 2.19. The average Bonchev–Trinajstić information content (AvgIpc) is 2.71. The lowest BCUT2D eigenvalue weighted by Gasteiger charge is -2.28. The maximum atomic E-state index is 12.4. The van der Waals surface area contributed by atoms with Crippen molar-refractivity contribution in [2.24, 2.45) is 0 Å². The number of aromatic nitrogens is 1. The Labute approximate surface area is 167 Å². The molecule has 1 saturated heterocycles. The molecular formula is C23H29N3O2. The number of urea groups is 1. The van der Waals surface area contributed by atoms with Gasteiger partial charge in [-0.25, -0.2) is 4.79 Å². The molecule has 2 aromatic rings. The number of unbranched alkanes of at least 4 members (excludes halogenated alkanes) is 1. The summed E-state index contributed by atoms with van der Waals surface area (Å²) in [5, 5.41) is 2.92. The number of nitrogens with zero attached hydrogens (tertiary/aromatic N) is 2. The number of likely N-dealkylation sites (tertiary alicyclic amines) is 1. The summed E-state index contributed by atoms with van der Waals surface area (Å²) in [5.74, 6) is 0.923. The third-order valence-electron chi connectivity index (χ3n) is 4.85. The van der Waals surface area contributed by atoms with Gasteiger partial charge in [0.2, 0.25) is 0 Å². The normalized spacial score (nSPS) is 13.9. The highest BCUT2D eigenvalue weighted by Crippen LogP contribution is 2.22. The van der Waals surface area contributed by atoms with Crippen molar-refractivity contribution in [2.75, 3.05) is 25.0 Å². The Morgan fingerprint density at radius 3 is 2.79 bits per heavy atom. The van der Waals surface area contributed by atoms with E-state index < -0.39 is 0 Å². The van der Waals surface area contributed by atoms with Crippen molar-refractivity contribution < 1.29 is 9.53 Å². The van der Waals surface area contributed by atoms with E-state index in [9.17, 15) is 4.79 Å². The molecule has 1 aromatic heterocycles. The van der Waals surface area contributed by atoms with E-state index in [-0.39, 0.29) is 6.03 Å². The number of ether oxygens (including phenoxy) is 1. The van der Waals surface area contributed by atoms with Crippen LogP contribution in [0.15, 0.2) is 48.2 Å². The maximum absolute atomic E-state index is 12.4. The van der Waals surface area contributed by atoms with E-state index in [1.54, 1.807) is 6.20 Å². The summed E-state index contributed by atoms with van der Waals surface area (Å²) in [6.07, 6.45) is 7.90. The quantitative estimate of drug-likeness (QED) is 0.695. The number of piperidine rings is 1. The lowest BCUT2D eigenvalue weighted by molar-refractivity contribution is 0.208. The predicted molar refractivity (Wildman–Crippen MR) is 114 cm³/mol. The van der Waals surface area contributed by atoms with Crippen molar-refractivity contribution in [3.05, 3.63) is 59.4 Å². The van der Waals surface area contributed by atoms with E-state index in [4.69, 9.17) is 4.74 Å². The van der Waals surface area contributed by atoms with Crippen LogP contribution in [0, 0.1) is 6.92 Å². The minimum atomic E-state index is -0.0592. The standard InChI is InChI=1S/C23H29N3O2/c1-3-4-14-28-22-7-5-6-20(16-22)15-19-10-12-26(13-11-19)23(27)25-21-9-8-18(2)24-17-21/h5-9,15-17H,3-4,10-14H2,1-2H3,(H,25,27). The summed E-state index contributed by atoms with van der Waals surface area (Å²) >= 11 is 0. The highest BCUT2D eigenvalue weighted by molar-refractivity contribution is 5.89. The van der Waals surface area contributed by atoms with Crippen molar-refractivity contribution in [3.63, 3.8) is 0 Å². The molecular weight excluding hydrogens is 350 g/mol. The van der Waals surface area contributed by atoms with Gasteiger partial charge in [0.05, 0.1) is 18.5 Å². The number of nitrogens with one attached hydrogen (secondary N) is 1. The number of amides is 2. The van der Waals surface area contributed by atoms with Gasteiger partial charge in [0.15, 0.2) is 0 Å². The zero-order chi connectivity index (χ0) is 19.8. The van der Waals surface area contributed by atoms with E-state index in [2.05, 4.69) is 35.4 Å². The van der Waals surface area contributed by atoms with Crippen LogP contribution in [0.2, 0.25) is 0 Å². The lowest BCUT2D eigenvalue weighted by Crippen LogP contribution is -2.39. The number of rotatable bonds is 6. The molecule has 1 aliphatic heterocycles. The molecule has 0 atom stereocenters. The minimum Gasteiger partial charge on any atom is -0.494 e. The van der Waals surface area contributed by atoms with Crippen LogP contribution in [0.25, 0.3) is 6.08 Å². The van der Waals surface area contributed by atoms with Crippen LogP contribution in [0.1, 0.15) is 43.9 Å². The third-order valence-corrected chi connectivity index (χ3v) is 4.85. The summed E-state index contributed by atoms with van der Waals surface area (Å²) in [6, 6.07) is 11.9. The molecule has 0 saturated carbocycles. The molecule has 1 N–H and O–H groups in total. The number of hydrogen-bond acceptors (Lipinski definition) is 3. The fourth-order valence-electron chi connectivity index (χ4n) is 3.15. The van der Waals surface area contributed by atoms with Crippen LogP contribution >= 0.6 is 0 Å². The van der Waals surface area contributed by atoms with Gasteiger partial charge in [-0.3, -0.25) is 4.98 Å². The van der Waals surface area contributed by atoms with Crippen LogP contribution < -0.4 is 10.1 Å². The molecule has 0 aliphatic carbocycles. The van der Waals surface area contributed by atoms with Gasteiger partial charge in [0.1, 0.15) is 5.75 Å². The average molecular weight is 380 g/mol. The minimum absolute atomic E-state index is 0.0592. The third kappa shape index (κ3) is 5.84. The second-order valence-corrected chi connectivity index (χ2v) is 7.18. The zero-order valence-electron chi connectivity index (χ0n) is 16.8.